The molecule has 3 N–H and O–H groups in total. The molecule has 1 amide bonds. The number of hydrogen-bond donors (Lipinski definition) is 2. The lowest BCUT2D eigenvalue weighted by Gasteiger charge is -2.22. The van der Waals surface area contributed by atoms with Crippen molar-refractivity contribution in [3.05, 3.63) is 106 Å². The number of carbonyl (C=O) groups is 1. The van der Waals surface area contributed by atoms with Gasteiger partial charge in [0.15, 0.2) is 0 Å². The lowest BCUT2D eigenvalue weighted by atomic mass is 9.98. The number of halogens is 1. The first-order valence-electron chi connectivity index (χ1n) is 10.7. The van der Waals surface area contributed by atoms with Gasteiger partial charge >= 0.3 is 0 Å². The second-order valence-electron chi connectivity index (χ2n) is 7.90. The van der Waals surface area contributed by atoms with Gasteiger partial charge in [-0.05, 0) is 35.9 Å². The van der Waals surface area contributed by atoms with E-state index in [2.05, 4.69) is 10.1 Å². The molecule has 3 heterocycles. The Morgan fingerprint density at radius 1 is 1.15 bits per heavy atom. The van der Waals surface area contributed by atoms with Gasteiger partial charge in [-0.15, -0.1) is 11.3 Å². The van der Waals surface area contributed by atoms with Crippen molar-refractivity contribution in [1.82, 2.24) is 9.99 Å². The Morgan fingerprint density at radius 2 is 2.00 bits per heavy atom. The van der Waals surface area contributed by atoms with Crippen molar-refractivity contribution in [2.75, 3.05) is 0 Å². The molecule has 1 unspecified atom stereocenters. The summed E-state index contributed by atoms with van der Waals surface area (Å²) < 4.78 is 0. The number of benzene rings is 2. The van der Waals surface area contributed by atoms with Crippen molar-refractivity contribution < 1.29 is 9.90 Å². The van der Waals surface area contributed by atoms with Crippen LogP contribution >= 0.6 is 22.9 Å². The molecule has 8 heteroatoms. The zero-order valence-electron chi connectivity index (χ0n) is 18.1. The molecule has 4 aromatic rings. The minimum absolute atomic E-state index is 0.131. The molecule has 170 valence electrons. The summed E-state index contributed by atoms with van der Waals surface area (Å²) in [5.41, 5.74) is 9.74. The molecule has 1 atom stereocenters. The van der Waals surface area contributed by atoms with Crippen LogP contribution in [0.1, 0.15) is 38.8 Å². The van der Waals surface area contributed by atoms with Gasteiger partial charge in [-0.1, -0.05) is 48.0 Å². The number of nitrogens with zero attached hydrogens (tertiary/aromatic N) is 3. The summed E-state index contributed by atoms with van der Waals surface area (Å²) >= 11 is 7.82. The number of rotatable bonds is 5. The van der Waals surface area contributed by atoms with Gasteiger partial charge < -0.3 is 10.8 Å². The second kappa shape index (κ2) is 9.38. The molecule has 0 saturated heterocycles. The lowest BCUT2D eigenvalue weighted by Crippen LogP contribution is -2.26. The van der Waals surface area contributed by atoms with E-state index in [1.54, 1.807) is 30.6 Å². The van der Waals surface area contributed by atoms with E-state index < -0.39 is 6.04 Å². The lowest BCUT2D eigenvalue weighted by molar-refractivity contribution is 0.0714. The van der Waals surface area contributed by atoms with E-state index in [9.17, 15) is 9.90 Å². The second-order valence-corrected chi connectivity index (χ2v) is 9.39. The maximum Gasteiger partial charge on any atom is 0.284 e. The number of amides is 1. The number of phenolic OH excluding ortho intramolecular Hbond substituents is 1. The van der Waals surface area contributed by atoms with Crippen LogP contribution in [0.25, 0.3) is 10.4 Å². The maximum absolute atomic E-state index is 13.6. The van der Waals surface area contributed by atoms with Crippen molar-refractivity contribution in [2.24, 2.45) is 10.8 Å². The molecule has 0 spiro atoms. The van der Waals surface area contributed by atoms with E-state index in [4.69, 9.17) is 17.3 Å². The van der Waals surface area contributed by atoms with Gasteiger partial charge in [0.2, 0.25) is 0 Å². The highest BCUT2D eigenvalue weighted by Crippen LogP contribution is 2.40. The summed E-state index contributed by atoms with van der Waals surface area (Å²) in [7, 11) is 0. The highest BCUT2D eigenvalue weighted by atomic mass is 35.5. The van der Waals surface area contributed by atoms with Crippen LogP contribution in [-0.2, 0) is 6.54 Å². The Balaban J connectivity index is 1.50. The van der Waals surface area contributed by atoms with Crippen LogP contribution < -0.4 is 5.73 Å². The zero-order valence-corrected chi connectivity index (χ0v) is 19.6. The van der Waals surface area contributed by atoms with Gasteiger partial charge in [-0.2, -0.15) is 5.10 Å². The Kier molecular flexibility index (Phi) is 6.15. The van der Waals surface area contributed by atoms with Crippen LogP contribution in [0.4, 0.5) is 0 Å². The van der Waals surface area contributed by atoms with Crippen molar-refractivity contribution in [2.45, 2.75) is 19.0 Å². The molecular weight excluding hydrogens is 468 g/mol. The van der Waals surface area contributed by atoms with Crippen molar-refractivity contribution in [3.63, 3.8) is 0 Å². The van der Waals surface area contributed by atoms with Crippen molar-refractivity contribution >= 4 is 34.6 Å². The molecular formula is C26H21ClN4O2S. The number of hydrazone groups is 1. The van der Waals surface area contributed by atoms with Crippen molar-refractivity contribution in [1.29, 1.82) is 0 Å². The number of thiophene rings is 1. The number of pyridine rings is 1. The molecule has 0 saturated carbocycles. The largest absolute Gasteiger partial charge is 0.508 e. The Bertz CT molecular complexity index is 1390. The third-order valence-electron chi connectivity index (χ3n) is 5.76. The van der Waals surface area contributed by atoms with Gasteiger partial charge in [-0.25, -0.2) is 5.01 Å². The summed E-state index contributed by atoms with van der Waals surface area (Å²) in [6.45, 7) is 0.411. The normalized spacial score (nSPS) is 15.4. The standard InChI is InChI=1S/C26H21ClN4O2S/c27-20-12-16(14-28)7-8-18(20)24-9-10-25(34-24)26(33)31-22(19-5-1-2-6-23(19)32)13-21(30-31)17-4-3-11-29-15-17/h1-12,15,22,32H,13-14,28H2. The molecule has 2 aromatic heterocycles. The molecule has 6 nitrogen and oxygen atoms in total. The molecule has 0 fully saturated rings. The number of para-hydroxylation sites is 1. The average molecular weight is 489 g/mol. The summed E-state index contributed by atoms with van der Waals surface area (Å²) in [6.07, 6.45) is 3.89. The van der Waals surface area contributed by atoms with Crippen LogP contribution in [0.3, 0.4) is 0 Å². The Hall–Kier alpha value is -3.52. The minimum Gasteiger partial charge on any atom is -0.508 e. The monoisotopic (exact) mass is 488 g/mol. The fraction of sp³-hybridized carbons (Fsp3) is 0.115. The molecule has 34 heavy (non-hydrogen) atoms. The van der Waals surface area contributed by atoms with Gasteiger partial charge in [0, 0.05) is 51.9 Å². The highest BCUT2D eigenvalue weighted by Gasteiger charge is 2.35. The third-order valence-corrected chi connectivity index (χ3v) is 7.18. The first-order valence-corrected chi connectivity index (χ1v) is 11.9. The van der Waals surface area contributed by atoms with E-state index in [0.29, 0.717) is 28.4 Å². The predicted molar refractivity (Wildman–Crippen MR) is 135 cm³/mol. The molecule has 1 aliphatic rings. The number of hydrogen-bond acceptors (Lipinski definition) is 6. The minimum atomic E-state index is -0.429. The average Bonchev–Trinajstić information content (AvgIpc) is 3.52. The van der Waals surface area contributed by atoms with E-state index in [-0.39, 0.29) is 11.7 Å². The van der Waals surface area contributed by atoms with E-state index >= 15 is 0 Å². The quantitative estimate of drug-likeness (QED) is 0.381. The third kappa shape index (κ3) is 4.21. The summed E-state index contributed by atoms with van der Waals surface area (Å²) in [4.78, 5) is 19.2. The van der Waals surface area contributed by atoms with Crippen LogP contribution in [0, 0.1) is 0 Å². The number of carbonyl (C=O) groups excluding carboxylic acids is 1. The number of aromatic nitrogens is 1. The summed E-state index contributed by atoms with van der Waals surface area (Å²) in [6, 6.07) is 19.7. The molecule has 1 aliphatic heterocycles. The maximum atomic E-state index is 13.6. The number of phenols is 1. The number of nitrogens with two attached hydrogens (primary N) is 1. The van der Waals surface area contributed by atoms with E-state index in [0.717, 1.165) is 27.3 Å². The molecule has 5 rings (SSSR count). The summed E-state index contributed by atoms with van der Waals surface area (Å²) in [5, 5.41) is 17.2. The summed E-state index contributed by atoms with van der Waals surface area (Å²) in [5.74, 6) is -0.107. The molecule has 2 aromatic carbocycles. The topological polar surface area (TPSA) is 91.8 Å². The molecule has 0 bridgehead atoms. The van der Waals surface area contributed by atoms with Crippen LogP contribution in [-0.4, -0.2) is 26.7 Å². The van der Waals surface area contributed by atoms with Crippen LogP contribution in [0.5, 0.6) is 5.75 Å². The van der Waals surface area contributed by atoms with Gasteiger partial charge in [0.25, 0.3) is 5.91 Å². The fourth-order valence-corrected chi connectivity index (χ4v) is 5.35. The fourth-order valence-electron chi connectivity index (χ4n) is 4.01. The predicted octanol–water partition coefficient (Wildman–Crippen LogP) is 5.62. The first-order chi connectivity index (χ1) is 16.5. The van der Waals surface area contributed by atoms with E-state index in [1.807, 2.05) is 48.5 Å². The smallest absolute Gasteiger partial charge is 0.284 e. The van der Waals surface area contributed by atoms with Crippen molar-refractivity contribution in [3.8, 4) is 16.2 Å². The molecule has 0 radical (unpaired) electrons. The van der Waals surface area contributed by atoms with Gasteiger partial charge in [-0.3, -0.25) is 9.78 Å². The highest BCUT2D eigenvalue weighted by molar-refractivity contribution is 7.17. The van der Waals surface area contributed by atoms with Crippen LogP contribution in [0.15, 0.2) is 84.2 Å². The van der Waals surface area contributed by atoms with Crippen LogP contribution in [0.2, 0.25) is 5.02 Å². The Labute approximate surface area is 206 Å². The van der Waals surface area contributed by atoms with Gasteiger partial charge in [0.05, 0.1) is 16.6 Å². The Morgan fingerprint density at radius 3 is 2.74 bits per heavy atom. The first kappa shape index (κ1) is 22.3. The molecule has 0 aliphatic carbocycles. The zero-order chi connectivity index (χ0) is 23.7. The van der Waals surface area contributed by atoms with Gasteiger partial charge in [0.1, 0.15) is 5.75 Å². The van der Waals surface area contributed by atoms with E-state index in [1.165, 1.54) is 16.3 Å². The number of aromatic hydroxyl groups is 1. The SMILES string of the molecule is NCc1ccc(-c2ccc(C(=O)N3N=C(c4cccnc4)CC3c3ccccc3O)s2)c(Cl)c1.